The summed E-state index contributed by atoms with van der Waals surface area (Å²) in [5, 5.41) is 8.09. The molecule has 39 heavy (non-hydrogen) atoms. The molecule has 3 aliphatic heterocycles. The molecule has 3 saturated heterocycles. The summed E-state index contributed by atoms with van der Waals surface area (Å²) < 4.78 is 0. The van der Waals surface area contributed by atoms with E-state index in [4.69, 9.17) is 0 Å². The van der Waals surface area contributed by atoms with Gasteiger partial charge < -0.3 is 0 Å². The van der Waals surface area contributed by atoms with Crippen LogP contribution in [0.4, 0.5) is 0 Å². The van der Waals surface area contributed by atoms with E-state index in [0.29, 0.717) is 11.5 Å². The minimum Gasteiger partial charge on any atom is -0.233 e. The fourth-order valence-corrected chi connectivity index (χ4v) is 14.5. The van der Waals surface area contributed by atoms with Gasteiger partial charge in [-0.1, -0.05) is 74.6 Å². The number of hydrogen-bond donors (Lipinski definition) is 0. The molecule has 9 aliphatic rings. The lowest BCUT2D eigenvalue weighted by atomic mass is 9.54. The molecule has 0 N–H and O–H groups in total. The smallest absolute Gasteiger partial charge is 0.0448 e. The fraction of sp³-hybridized carbons (Fsp3) is 0.778. The van der Waals surface area contributed by atoms with E-state index in [1.807, 2.05) is 11.1 Å². The summed E-state index contributed by atoms with van der Waals surface area (Å²) in [5.74, 6) is 4.12. The molecule has 210 valence electrons. The van der Waals surface area contributed by atoms with Crippen molar-refractivity contribution in [2.75, 3.05) is 0 Å². The van der Waals surface area contributed by atoms with E-state index >= 15 is 0 Å². The van der Waals surface area contributed by atoms with Crippen LogP contribution in [0.3, 0.4) is 0 Å². The molecular weight excluding hydrogens is 492 g/mol. The Balaban J connectivity index is 1.19. The zero-order valence-corrected chi connectivity index (χ0v) is 25.0. The van der Waals surface area contributed by atoms with Crippen molar-refractivity contribution in [2.24, 2.45) is 35.0 Å². The molecule has 6 aliphatic carbocycles. The van der Waals surface area contributed by atoms with Gasteiger partial charge >= 0.3 is 0 Å². The van der Waals surface area contributed by atoms with Gasteiger partial charge in [0.2, 0.25) is 0 Å². The largest absolute Gasteiger partial charge is 0.233 e. The second-order valence-electron chi connectivity index (χ2n) is 15.1. The van der Waals surface area contributed by atoms with Crippen LogP contribution in [-0.2, 0) is 0 Å². The number of thioether (sulfide) groups is 1. The van der Waals surface area contributed by atoms with Gasteiger partial charge in [-0.15, -0.1) is 0 Å². The molecular formula is C36H50N2S. The van der Waals surface area contributed by atoms with E-state index < -0.39 is 0 Å². The maximum atomic E-state index is 3.24. The average Bonchev–Trinajstić information content (AvgIpc) is 3.48. The second kappa shape index (κ2) is 9.37. The Morgan fingerprint density at radius 2 is 1.62 bits per heavy atom. The quantitative estimate of drug-likeness (QED) is 0.323. The molecule has 2 saturated carbocycles. The summed E-state index contributed by atoms with van der Waals surface area (Å²) in [4.78, 5) is 0. The average molecular weight is 543 g/mol. The number of fused-ring (bicyclic) bond motifs is 10. The van der Waals surface area contributed by atoms with E-state index in [0.717, 1.165) is 58.2 Å². The molecule has 3 heterocycles. The number of rotatable bonds is 2. The van der Waals surface area contributed by atoms with Crippen LogP contribution in [0.1, 0.15) is 103 Å². The summed E-state index contributed by atoms with van der Waals surface area (Å²) in [6.07, 6.45) is 36.8. The maximum absolute atomic E-state index is 3.24. The number of hydrogen-bond acceptors (Lipinski definition) is 3. The highest BCUT2D eigenvalue weighted by Gasteiger charge is 2.69. The van der Waals surface area contributed by atoms with Crippen molar-refractivity contribution in [1.82, 2.24) is 10.0 Å². The Kier molecular flexibility index (Phi) is 5.95. The maximum Gasteiger partial charge on any atom is 0.0448 e. The third-order valence-electron chi connectivity index (χ3n) is 13.6. The van der Waals surface area contributed by atoms with Gasteiger partial charge in [-0.2, -0.15) is 11.8 Å². The molecule has 3 heteroatoms. The van der Waals surface area contributed by atoms with Crippen molar-refractivity contribution < 1.29 is 0 Å². The van der Waals surface area contributed by atoms with Crippen LogP contribution < -0.4 is 0 Å². The monoisotopic (exact) mass is 542 g/mol. The number of allylic oxidation sites excluding steroid dienone is 5. The molecule has 12 atom stereocenters. The van der Waals surface area contributed by atoms with Crippen LogP contribution in [0, 0.1) is 35.0 Å². The first kappa shape index (κ1) is 24.8. The highest BCUT2D eigenvalue weighted by Crippen LogP contribution is 2.70. The van der Waals surface area contributed by atoms with E-state index in [-0.39, 0.29) is 0 Å². The van der Waals surface area contributed by atoms with Crippen molar-refractivity contribution in [1.29, 1.82) is 0 Å². The van der Waals surface area contributed by atoms with E-state index in [1.165, 1.54) is 96.3 Å². The van der Waals surface area contributed by atoms with Gasteiger partial charge in [-0.25, -0.2) is 10.0 Å². The molecule has 0 radical (unpaired) electrons. The Morgan fingerprint density at radius 3 is 2.54 bits per heavy atom. The first-order valence-corrected chi connectivity index (χ1v) is 18.2. The van der Waals surface area contributed by atoms with Gasteiger partial charge in [-0.3, -0.25) is 0 Å². The predicted octanol–water partition coefficient (Wildman–Crippen LogP) is 8.48. The standard InChI is InChI=1S/C36H50N2S/c1-36-27-18-8-5-15-24(27)32-25-16-6-10-20-29(25)38(34(32)35(36)39-31-22-12-9-19-28(31)36)37-30-21-11-7-17-26(30)33(37)23-13-3-2-4-14-23/h3,5,7,13,15,17,23,25-26,28-35H,2,4,6,8-12,14,16,18-22H2,1H3. The van der Waals surface area contributed by atoms with Crippen molar-refractivity contribution in [3.05, 3.63) is 47.6 Å². The van der Waals surface area contributed by atoms with Gasteiger partial charge in [0.25, 0.3) is 0 Å². The molecule has 5 fully saturated rings. The van der Waals surface area contributed by atoms with Crippen LogP contribution >= 0.6 is 11.8 Å². The highest BCUT2D eigenvalue weighted by molar-refractivity contribution is 8.00. The van der Waals surface area contributed by atoms with Crippen molar-refractivity contribution in [3.8, 4) is 0 Å². The lowest BCUT2D eigenvalue weighted by molar-refractivity contribution is -0.232. The first-order chi connectivity index (χ1) is 19.3. The second-order valence-corrected chi connectivity index (χ2v) is 16.5. The molecule has 0 spiro atoms. The Morgan fingerprint density at radius 1 is 0.769 bits per heavy atom. The molecule has 0 aromatic rings. The summed E-state index contributed by atoms with van der Waals surface area (Å²) in [5.41, 5.74) is 4.24. The molecule has 0 aromatic carbocycles. The fourth-order valence-electron chi connectivity index (χ4n) is 12.2. The zero-order valence-electron chi connectivity index (χ0n) is 24.2. The van der Waals surface area contributed by atoms with Crippen molar-refractivity contribution in [2.45, 2.75) is 138 Å². The third kappa shape index (κ3) is 3.36. The van der Waals surface area contributed by atoms with E-state index in [2.05, 4.69) is 65.2 Å². The van der Waals surface area contributed by atoms with Gasteiger partial charge in [-0.05, 0) is 94.0 Å². The Bertz CT molecular complexity index is 1110. The van der Waals surface area contributed by atoms with Gasteiger partial charge in [0.05, 0.1) is 0 Å². The molecule has 0 bridgehead atoms. The number of hydrazine groups is 1. The summed E-state index contributed by atoms with van der Waals surface area (Å²) in [6.45, 7) is 2.80. The molecule has 0 aromatic heterocycles. The van der Waals surface area contributed by atoms with Crippen LogP contribution in [0.25, 0.3) is 0 Å². The molecule has 12 unspecified atom stereocenters. The summed E-state index contributed by atoms with van der Waals surface area (Å²) in [6, 6.07) is 2.97. The number of nitrogens with zero attached hydrogens (tertiary/aromatic N) is 2. The zero-order chi connectivity index (χ0) is 25.7. The lowest BCUT2D eigenvalue weighted by Gasteiger charge is -2.64. The summed E-state index contributed by atoms with van der Waals surface area (Å²) >= 11 is 2.52. The molecule has 0 amide bonds. The minimum atomic E-state index is 0.416. The molecule has 2 nitrogen and oxygen atoms in total. The van der Waals surface area contributed by atoms with Gasteiger partial charge in [0.1, 0.15) is 0 Å². The Labute approximate surface area is 241 Å². The van der Waals surface area contributed by atoms with Gasteiger partial charge in [0.15, 0.2) is 0 Å². The summed E-state index contributed by atoms with van der Waals surface area (Å²) in [7, 11) is 0. The first-order valence-electron chi connectivity index (χ1n) is 17.2. The molecule has 9 rings (SSSR count). The normalized spacial score (nSPS) is 52.4. The highest BCUT2D eigenvalue weighted by atomic mass is 32.2. The van der Waals surface area contributed by atoms with Gasteiger partial charge in [0, 0.05) is 51.9 Å². The lowest BCUT2D eigenvalue weighted by Crippen LogP contribution is -2.74. The van der Waals surface area contributed by atoms with Crippen LogP contribution in [0.5, 0.6) is 0 Å². The topological polar surface area (TPSA) is 6.48 Å². The predicted molar refractivity (Wildman–Crippen MR) is 163 cm³/mol. The Hall–Kier alpha value is -0.770. The van der Waals surface area contributed by atoms with Crippen molar-refractivity contribution in [3.63, 3.8) is 0 Å². The van der Waals surface area contributed by atoms with Crippen LogP contribution in [-0.4, -0.2) is 44.7 Å². The third-order valence-corrected chi connectivity index (χ3v) is 15.6. The van der Waals surface area contributed by atoms with E-state index in [9.17, 15) is 0 Å². The van der Waals surface area contributed by atoms with E-state index in [1.54, 1.807) is 0 Å². The minimum absolute atomic E-state index is 0.416. The van der Waals surface area contributed by atoms with Crippen LogP contribution in [0.2, 0.25) is 0 Å². The van der Waals surface area contributed by atoms with Crippen LogP contribution in [0.15, 0.2) is 47.6 Å². The van der Waals surface area contributed by atoms with Crippen molar-refractivity contribution >= 4 is 11.8 Å². The SMILES string of the molecule is CC12C3=C(C=CCC3)C3C4CCCCC4N(N4C5CCC=CC5C4C4C=CCCC4)C3C1SC1CCCCC12.